The lowest BCUT2D eigenvalue weighted by atomic mass is 10.1. The van der Waals surface area contributed by atoms with E-state index in [1.54, 1.807) is 31.2 Å². The Morgan fingerprint density at radius 2 is 1.10 bits per heavy atom. The molecule has 0 radical (unpaired) electrons. The van der Waals surface area contributed by atoms with Crippen molar-refractivity contribution < 1.29 is 24.3 Å². The molecule has 0 bridgehead atoms. The Morgan fingerprint density at radius 1 is 0.690 bits per heavy atom. The van der Waals surface area contributed by atoms with Gasteiger partial charge in [0, 0.05) is 29.8 Å². The fraction of sp³-hybridized carbons (Fsp3) is 0.133. The molecule has 4 aromatic rings. The van der Waals surface area contributed by atoms with Crippen LogP contribution < -0.4 is 5.90 Å². The maximum absolute atomic E-state index is 10.6. The number of ketones is 1. The van der Waals surface area contributed by atoms with E-state index in [0.717, 1.165) is 28.0 Å². The Morgan fingerprint density at radius 3 is 1.45 bits per heavy atom. The third-order valence-electron chi connectivity index (χ3n) is 5.35. The van der Waals surface area contributed by atoms with Crippen LogP contribution in [-0.2, 0) is 22.9 Å². The third kappa shape index (κ3) is 12.9. The highest BCUT2D eigenvalue weighted by atomic mass is 35.5. The van der Waals surface area contributed by atoms with Crippen molar-refractivity contribution in [3.8, 4) is 0 Å². The molecule has 0 unspecified atom stereocenters. The summed E-state index contributed by atoms with van der Waals surface area (Å²) in [6, 6.07) is 31.2. The van der Waals surface area contributed by atoms with Crippen molar-refractivity contribution in [2.24, 2.45) is 11.1 Å². The maximum atomic E-state index is 10.6. The summed E-state index contributed by atoms with van der Waals surface area (Å²) in [5.74, 6) is 4.95. The Hall–Kier alpha value is -4.97. The van der Waals surface area contributed by atoms with Crippen molar-refractivity contribution in [1.29, 1.82) is 0 Å². The molecule has 0 saturated carbocycles. The van der Waals surface area contributed by atoms with Crippen LogP contribution in [0, 0.1) is 20.2 Å². The van der Waals surface area contributed by atoms with Gasteiger partial charge in [-0.05, 0) is 54.8 Å². The van der Waals surface area contributed by atoms with E-state index in [1.165, 1.54) is 24.3 Å². The van der Waals surface area contributed by atoms with E-state index in [2.05, 4.69) is 9.99 Å². The van der Waals surface area contributed by atoms with Gasteiger partial charge >= 0.3 is 0 Å². The number of carbonyl (C=O) groups is 1. The molecule has 0 aliphatic carbocycles. The number of non-ortho nitro benzene ring substituents is 2. The maximum Gasteiger partial charge on any atom is 0.269 e. The SMILES string of the molecule is C/C(=N\OCc1ccc([N+](=O)[O-])cc1)c1ccccc1.CC(=O)c1ccccc1.Cl.NOCc1ccc([N+](=O)[O-])cc1. The molecule has 0 aliphatic rings. The number of Topliss-reactive ketones (excluding diaryl/α,β-unsaturated/α-hetero) is 1. The van der Waals surface area contributed by atoms with E-state index in [9.17, 15) is 25.0 Å². The molecule has 2 N–H and O–H groups in total. The summed E-state index contributed by atoms with van der Waals surface area (Å²) in [4.78, 5) is 40.1. The molecule has 0 saturated heterocycles. The number of oxime groups is 1. The highest BCUT2D eigenvalue weighted by Gasteiger charge is 2.04. The molecule has 0 fully saturated rings. The van der Waals surface area contributed by atoms with Crippen molar-refractivity contribution in [2.45, 2.75) is 27.1 Å². The number of hydrogen-bond acceptors (Lipinski definition) is 9. The first kappa shape index (κ1) is 35.1. The fourth-order valence-corrected chi connectivity index (χ4v) is 3.13. The number of benzene rings is 4. The number of nitrogens with two attached hydrogens (primary N) is 1. The number of nitrogens with zero attached hydrogens (tertiary/aromatic N) is 3. The first-order valence-electron chi connectivity index (χ1n) is 12.3. The Bertz CT molecular complexity index is 1420. The fourth-order valence-electron chi connectivity index (χ4n) is 3.13. The van der Waals surface area contributed by atoms with Gasteiger partial charge in [0.2, 0.25) is 0 Å². The third-order valence-corrected chi connectivity index (χ3v) is 5.35. The normalized spacial score (nSPS) is 10.0. The quantitative estimate of drug-likeness (QED) is 0.0954. The first-order chi connectivity index (χ1) is 19.7. The van der Waals surface area contributed by atoms with Gasteiger partial charge in [0.25, 0.3) is 11.4 Å². The Labute approximate surface area is 249 Å². The number of rotatable bonds is 9. The van der Waals surface area contributed by atoms with Gasteiger partial charge in [-0.15, -0.1) is 12.4 Å². The van der Waals surface area contributed by atoms with Gasteiger partial charge in [-0.25, -0.2) is 5.90 Å². The van der Waals surface area contributed by atoms with Crippen molar-refractivity contribution in [3.05, 3.63) is 152 Å². The highest BCUT2D eigenvalue weighted by molar-refractivity contribution is 5.98. The lowest BCUT2D eigenvalue weighted by Crippen LogP contribution is -1.98. The monoisotopic (exact) mass is 594 g/mol. The van der Waals surface area contributed by atoms with Gasteiger partial charge in [0.1, 0.15) is 6.61 Å². The summed E-state index contributed by atoms with van der Waals surface area (Å²) in [6.07, 6.45) is 0. The summed E-state index contributed by atoms with van der Waals surface area (Å²) in [5, 5.41) is 24.8. The van der Waals surface area contributed by atoms with E-state index in [0.29, 0.717) is 0 Å². The smallest absolute Gasteiger partial charge is 0.269 e. The molecule has 42 heavy (non-hydrogen) atoms. The second kappa shape index (κ2) is 19.2. The molecule has 4 rings (SSSR count). The average Bonchev–Trinajstić information content (AvgIpc) is 2.99. The predicted molar refractivity (Wildman–Crippen MR) is 162 cm³/mol. The predicted octanol–water partition coefficient (Wildman–Crippen LogP) is 6.83. The topological polar surface area (TPSA) is 160 Å². The van der Waals surface area contributed by atoms with Crippen molar-refractivity contribution in [2.75, 3.05) is 0 Å². The lowest BCUT2D eigenvalue weighted by Gasteiger charge is -2.02. The zero-order chi connectivity index (χ0) is 30.0. The number of halogens is 1. The number of hydrogen-bond donors (Lipinski definition) is 1. The van der Waals surface area contributed by atoms with Crippen LogP contribution in [0.1, 0.15) is 40.9 Å². The van der Waals surface area contributed by atoms with Crippen LogP contribution in [0.25, 0.3) is 0 Å². The van der Waals surface area contributed by atoms with Crippen molar-refractivity contribution >= 4 is 35.3 Å². The minimum Gasteiger partial charge on any atom is -0.391 e. The largest absolute Gasteiger partial charge is 0.391 e. The molecule has 0 aliphatic heterocycles. The van der Waals surface area contributed by atoms with Crippen molar-refractivity contribution in [1.82, 2.24) is 0 Å². The summed E-state index contributed by atoms with van der Waals surface area (Å²) in [5.41, 5.74) is 4.33. The Kier molecular flexibility index (Phi) is 16.0. The average molecular weight is 595 g/mol. The molecular weight excluding hydrogens is 564 g/mol. The summed E-state index contributed by atoms with van der Waals surface area (Å²) in [7, 11) is 0. The molecule has 0 spiro atoms. The van der Waals surface area contributed by atoms with E-state index in [1.807, 2.05) is 67.6 Å². The van der Waals surface area contributed by atoms with Crippen LogP contribution in [-0.4, -0.2) is 21.3 Å². The molecule has 4 aromatic carbocycles. The number of nitro groups is 2. The van der Waals surface area contributed by atoms with Crippen LogP contribution in [0.5, 0.6) is 0 Å². The second-order valence-electron chi connectivity index (χ2n) is 8.40. The van der Waals surface area contributed by atoms with E-state index in [4.69, 9.17) is 10.7 Å². The van der Waals surface area contributed by atoms with Crippen LogP contribution >= 0.6 is 12.4 Å². The molecule has 0 heterocycles. The zero-order valence-corrected chi connectivity index (χ0v) is 23.8. The molecule has 0 aromatic heterocycles. The molecule has 11 nitrogen and oxygen atoms in total. The lowest BCUT2D eigenvalue weighted by molar-refractivity contribution is -0.385. The number of carbonyl (C=O) groups excluding carboxylic acids is 1. The van der Waals surface area contributed by atoms with Gasteiger partial charge < -0.3 is 4.84 Å². The minimum atomic E-state index is -0.451. The number of nitro benzene ring substituents is 2. The van der Waals surface area contributed by atoms with Gasteiger partial charge in [-0.3, -0.25) is 29.9 Å². The van der Waals surface area contributed by atoms with E-state index >= 15 is 0 Å². The standard InChI is InChI=1S/C15H14N2O3.C8H8O.C7H8N2O3.ClH/c1-12(14-5-3-2-4-6-14)16-20-11-13-7-9-15(10-8-13)17(18)19;1-7(9)8-5-3-2-4-6-8;8-12-5-6-1-3-7(4-2-6)9(10)11;/h2-10H,11H2,1H3;2-6H,1H3;1-4H,5,8H2;1H/b16-12+;;;. The van der Waals surface area contributed by atoms with Gasteiger partial charge in [-0.2, -0.15) is 0 Å². The van der Waals surface area contributed by atoms with Crippen LogP contribution in [0.3, 0.4) is 0 Å². The van der Waals surface area contributed by atoms with Crippen LogP contribution in [0.4, 0.5) is 11.4 Å². The minimum absolute atomic E-state index is 0. The van der Waals surface area contributed by atoms with Gasteiger partial charge in [0.05, 0.1) is 22.2 Å². The molecule has 0 atom stereocenters. The van der Waals surface area contributed by atoms with Crippen LogP contribution in [0.2, 0.25) is 0 Å². The van der Waals surface area contributed by atoms with Gasteiger partial charge in [-0.1, -0.05) is 65.8 Å². The summed E-state index contributed by atoms with van der Waals surface area (Å²) >= 11 is 0. The van der Waals surface area contributed by atoms with Crippen molar-refractivity contribution in [3.63, 3.8) is 0 Å². The molecular formula is C30H31ClN4O7. The molecule has 12 heteroatoms. The van der Waals surface area contributed by atoms with E-state index < -0.39 is 9.85 Å². The summed E-state index contributed by atoms with van der Waals surface area (Å²) < 4.78 is 0. The first-order valence-corrected chi connectivity index (χ1v) is 12.3. The van der Waals surface area contributed by atoms with Gasteiger partial charge in [0.15, 0.2) is 5.78 Å². The van der Waals surface area contributed by atoms with Crippen LogP contribution in [0.15, 0.2) is 114 Å². The van der Waals surface area contributed by atoms with E-state index in [-0.39, 0.29) is 42.8 Å². The highest BCUT2D eigenvalue weighted by Crippen LogP contribution is 2.13. The summed E-state index contributed by atoms with van der Waals surface area (Å²) in [6.45, 7) is 3.97. The Balaban J connectivity index is 0.000000342. The second-order valence-corrected chi connectivity index (χ2v) is 8.40. The zero-order valence-electron chi connectivity index (χ0n) is 23.0. The molecule has 0 amide bonds. The molecule has 220 valence electrons.